The average molecular weight is 340 g/mol. The lowest BCUT2D eigenvalue weighted by molar-refractivity contribution is -0.115. The van der Waals surface area contributed by atoms with Crippen LogP contribution in [0.1, 0.15) is 38.3 Å². The number of anilines is 2. The molecule has 0 aliphatic rings. The van der Waals surface area contributed by atoms with E-state index in [-0.39, 0.29) is 12.0 Å². The summed E-state index contributed by atoms with van der Waals surface area (Å²) in [5.74, 6) is 0.00633. The van der Waals surface area contributed by atoms with Gasteiger partial charge in [-0.15, -0.1) is 0 Å². The minimum Gasteiger partial charge on any atom is -0.447 e. The largest absolute Gasteiger partial charge is 0.447 e. The molecule has 25 heavy (non-hydrogen) atoms. The molecule has 0 fully saturated rings. The number of benzene rings is 2. The Morgan fingerprint density at radius 3 is 1.80 bits per heavy atom. The number of carbonyl (C=O) groups is 2. The summed E-state index contributed by atoms with van der Waals surface area (Å²) in [6, 6.07) is 15.4. The molecule has 2 amide bonds. The Balaban J connectivity index is 1.92. The van der Waals surface area contributed by atoms with Gasteiger partial charge < -0.3 is 10.1 Å². The Morgan fingerprint density at radius 2 is 1.36 bits per heavy atom. The van der Waals surface area contributed by atoms with Crippen LogP contribution in [0.15, 0.2) is 48.5 Å². The summed E-state index contributed by atoms with van der Waals surface area (Å²) in [6.45, 7) is 5.44. The highest BCUT2D eigenvalue weighted by Gasteiger charge is 2.05. The van der Waals surface area contributed by atoms with Crippen LogP contribution in [0.2, 0.25) is 0 Å². The summed E-state index contributed by atoms with van der Waals surface area (Å²) in [7, 11) is 0. The Bertz CT molecular complexity index is 707. The van der Waals surface area contributed by atoms with Gasteiger partial charge in [-0.3, -0.25) is 10.1 Å². The van der Waals surface area contributed by atoms with Crippen molar-refractivity contribution in [2.75, 3.05) is 10.6 Å². The molecule has 0 aromatic heterocycles. The SMILES string of the molecule is CCC(=O)Nc1ccc(Cc2ccc(NC(=O)OC(C)C)cc2)cc1. The minimum absolute atomic E-state index is 0.00633. The molecule has 0 saturated carbocycles. The highest BCUT2D eigenvalue weighted by molar-refractivity contribution is 5.90. The molecule has 0 atom stereocenters. The quantitative estimate of drug-likeness (QED) is 0.808. The summed E-state index contributed by atoms with van der Waals surface area (Å²) in [6.07, 6.45) is 0.641. The van der Waals surface area contributed by atoms with Crippen LogP contribution in [0.4, 0.5) is 16.2 Å². The number of carbonyl (C=O) groups excluding carboxylic acids is 2. The maximum absolute atomic E-state index is 11.6. The molecule has 0 radical (unpaired) electrons. The van der Waals surface area contributed by atoms with Crippen molar-refractivity contribution in [3.8, 4) is 0 Å². The average Bonchev–Trinajstić information content (AvgIpc) is 2.57. The number of hydrogen-bond acceptors (Lipinski definition) is 3. The first-order valence-corrected chi connectivity index (χ1v) is 8.41. The molecule has 0 bridgehead atoms. The van der Waals surface area contributed by atoms with Crippen molar-refractivity contribution >= 4 is 23.4 Å². The van der Waals surface area contributed by atoms with Crippen molar-refractivity contribution in [3.63, 3.8) is 0 Å². The Morgan fingerprint density at radius 1 is 0.880 bits per heavy atom. The van der Waals surface area contributed by atoms with E-state index < -0.39 is 6.09 Å². The second-order valence-electron chi connectivity index (χ2n) is 6.05. The predicted octanol–water partition coefficient (Wildman–Crippen LogP) is 4.58. The molecule has 2 aromatic rings. The normalized spacial score (nSPS) is 10.4. The fourth-order valence-corrected chi connectivity index (χ4v) is 2.26. The second kappa shape index (κ2) is 8.87. The molecule has 0 spiro atoms. The van der Waals surface area contributed by atoms with Crippen LogP contribution in [0.5, 0.6) is 0 Å². The lowest BCUT2D eigenvalue weighted by atomic mass is 10.0. The van der Waals surface area contributed by atoms with Gasteiger partial charge in [0.05, 0.1) is 6.10 Å². The van der Waals surface area contributed by atoms with Crippen LogP contribution in [0.25, 0.3) is 0 Å². The van der Waals surface area contributed by atoms with Crippen LogP contribution in [-0.4, -0.2) is 18.1 Å². The van der Waals surface area contributed by atoms with E-state index >= 15 is 0 Å². The smallest absolute Gasteiger partial charge is 0.411 e. The summed E-state index contributed by atoms with van der Waals surface area (Å²) < 4.78 is 5.05. The topological polar surface area (TPSA) is 67.4 Å². The van der Waals surface area contributed by atoms with Crippen molar-refractivity contribution in [1.29, 1.82) is 0 Å². The van der Waals surface area contributed by atoms with Crippen molar-refractivity contribution in [1.82, 2.24) is 0 Å². The lowest BCUT2D eigenvalue weighted by Crippen LogP contribution is -2.17. The first-order chi connectivity index (χ1) is 12.0. The third-order valence-electron chi connectivity index (χ3n) is 3.51. The van der Waals surface area contributed by atoms with Crippen LogP contribution in [0.3, 0.4) is 0 Å². The molecule has 0 aliphatic carbocycles. The highest BCUT2D eigenvalue weighted by atomic mass is 16.6. The van der Waals surface area contributed by atoms with E-state index in [2.05, 4.69) is 10.6 Å². The molecule has 2 aromatic carbocycles. The van der Waals surface area contributed by atoms with Crippen molar-refractivity contribution in [3.05, 3.63) is 59.7 Å². The van der Waals surface area contributed by atoms with Gasteiger partial charge >= 0.3 is 6.09 Å². The number of ether oxygens (including phenoxy) is 1. The number of amides is 2. The second-order valence-corrected chi connectivity index (χ2v) is 6.05. The molecule has 5 heteroatoms. The summed E-state index contributed by atoms with van der Waals surface area (Å²) in [5.41, 5.74) is 3.79. The van der Waals surface area contributed by atoms with E-state index in [1.807, 2.05) is 69.3 Å². The van der Waals surface area contributed by atoms with E-state index in [4.69, 9.17) is 4.74 Å². The van der Waals surface area contributed by atoms with Gasteiger partial charge in [0.2, 0.25) is 5.91 Å². The predicted molar refractivity (Wildman–Crippen MR) is 99.9 cm³/mol. The van der Waals surface area contributed by atoms with Crippen LogP contribution < -0.4 is 10.6 Å². The third kappa shape index (κ3) is 6.30. The number of nitrogens with one attached hydrogen (secondary N) is 2. The Labute approximate surface area is 148 Å². The van der Waals surface area contributed by atoms with Gasteiger partial charge in [0, 0.05) is 17.8 Å². The standard InChI is InChI=1S/C20H24N2O3/c1-4-19(23)21-17-9-5-15(6-10-17)13-16-7-11-18(12-8-16)22-20(24)25-14(2)3/h5-12,14H,4,13H2,1-3H3,(H,21,23)(H,22,24). The maximum atomic E-state index is 11.6. The zero-order valence-electron chi connectivity index (χ0n) is 14.8. The van der Waals surface area contributed by atoms with E-state index in [0.29, 0.717) is 12.1 Å². The first-order valence-electron chi connectivity index (χ1n) is 8.41. The van der Waals surface area contributed by atoms with E-state index in [0.717, 1.165) is 23.2 Å². The molecule has 0 heterocycles. The van der Waals surface area contributed by atoms with Gasteiger partial charge in [-0.1, -0.05) is 31.2 Å². The van der Waals surface area contributed by atoms with Gasteiger partial charge in [-0.25, -0.2) is 4.79 Å². The minimum atomic E-state index is -0.451. The molecule has 2 N–H and O–H groups in total. The zero-order valence-corrected chi connectivity index (χ0v) is 14.8. The van der Waals surface area contributed by atoms with Crippen molar-refractivity contribution in [2.24, 2.45) is 0 Å². The molecular weight excluding hydrogens is 316 g/mol. The summed E-state index contributed by atoms with van der Waals surface area (Å²) in [5, 5.41) is 5.52. The molecule has 0 saturated heterocycles. The molecular formula is C20H24N2O3. The first kappa shape index (κ1) is 18.5. The fraction of sp³-hybridized carbons (Fsp3) is 0.300. The van der Waals surface area contributed by atoms with Gasteiger partial charge in [-0.2, -0.15) is 0 Å². The van der Waals surface area contributed by atoms with Gasteiger partial charge in [0.1, 0.15) is 0 Å². The Hall–Kier alpha value is -2.82. The van der Waals surface area contributed by atoms with Gasteiger partial charge in [0.15, 0.2) is 0 Å². The number of hydrogen-bond donors (Lipinski definition) is 2. The highest BCUT2D eigenvalue weighted by Crippen LogP contribution is 2.16. The summed E-state index contributed by atoms with van der Waals surface area (Å²) in [4.78, 5) is 22.9. The van der Waals surface area contributed by atoms with E-state index in [1.54, 1.807) is 0 Å². The van der Waals surface area contributed by atoms with Gasteiger partial charge in [0.25, 0.3) is 0 Å². The summed E-state index contributed by atoms with van der Waals surface area (Å²) >= 11 is 0. The van der Waals surface area contributed by atoms with E-state index in [9.17, 15) is 9.59 Å². The molecule has 2 rings (SSSR count). The zero-order chi connectivity index (χ0) is 18.2. The lowest BCUT2D eigenvalue weighted by Gasteiger charge is -2.10. The fourth-order valence-electron chi connectivity index (χ4n) is 2.26. The van der Waals surface area contributed by atoms with Crippen LogP contribution >= 0.6 is 0 Å². The molecule has 132 valence electrons. The monoisotopic (exact) mass is 340 g/mol. The molecule has 5 nitrogen and oxygen atoms in total. The van der Waals surface area contributed by atoms with Crippen molar-refractivity contribution in [2.45, 2.75) is 39.7 Å². The Kier molecular flexibility index (Phi) is 6.57. The van der Waals surface area contributed by atoms with E-state index in [1.165, 1.54) is 0 Å². The van der Waals surface area contributed by atoms with Gasteiger partial charge in [-0.05, 0) is 55.7 Å². The maximum Gasteiger partial charge on any atom is 0.411 e. The molecule has 0 aliphatic heterocycles. The van der Waals surface area contributed by atoms with Crippen LogP contribution in [0, 0.1) is 0 Å². The van der Waals surface area contributed by atoms with Crippen molar-refractivity contribution < 1.29 is 14.3 Å². The third-order valence-corrected chi connectivity index (χ3v) is 3.51. The molecule has 0 unspecified atom stereocenters. The number of rotatable bonds is 6. The van der Waals surface area contributed by atoms with Crippen LogP contribution in [-0.2, 0) is 16.0 Å².